The number of carbonyl (C=O) groups is 3. The van der Waals surface area contributed by atoms with Crippen LogP contribution in [0.15, 0.2) is 18.2 Å². The molecule has 0 radical (unpaired) electrons. The fraction of sp³-hybridized carbons (Fsp3) is 0.348. The summed E-state index contributed by atoms with van der Waals surface area (Å²) in [5.41, 5.74) is 7.36. The van der Waals surface area contributed by atoms with E-state index in [9.17, 15) is 14.4 Å². The Bertz CT molecular complexity index is 1110. The van der Waals surface area contributed by atoms with Gasteiger partial charge in [0.05, 0.1) is 24.3 Å². The smallest absolute Gasteiger partial charge is 0.331 e. The van der Waals surface area contributed by atoms with E-state index < -0.39 is 23.9 Å². The number of ether oxygens (including phenoxy) is 3. The molecule has 0 fully saturated rings. The van der Waals surface area contributed by atoms with Crippen molar-refractivity contribution in [3.63, 3.8) is 0 Å². The highest BCUT2D eigenvalue weighted by Crippen LogP contribution is 2.39. The third kappa shape index (κ3) is 5.66. The third-order valence-electron chi connectivity index (χ3n) is 5.01. The van der Waals surface area contributed by atoms with Gasteiger partial charge in [0, 0.05) is 11.0 Å². The first-order valence-electron chi connectivity index (χ1n) is 10.4. The van der Waals surface area contributed by atoms with Gasteiger partial charge in [0.1, 0.15) is 5.00 Å². The van der Waals surface area contributed by atoms with Gasteiger partial charge in [-0.1, -0.05) is 11.6 Å². The second-order valence-corrected chi connectivity index (χ2v) is 8.81. The van der Waals surface area contributed by atoms with E-state index in [1.165, 1.54) is 37.5 Å². The number of anilines is 1. The van der Waals surface area contributed by atoms with Crippen LogP contribution in [0.3, 0.4) is 0 Å². The first-order chi connectivity index (χ1) is 15.7. The Balaban J connectivity index is 1.65. The molecule has 0 saturated carbocycles. The van der Waals surface area contributed by atoms with Gasteiger partial charge in [0.2, 0.25) is 0 Å². The number of fused-ring (bicyclic) bond motifs is 1. The molecule has 2 aromatic rings. The summed E-state index contributed by atoms with van der Waals surface area (Å²) in [4.78, 5) is 37.7. The molecule has 1 aliphatic rings. The van der Waals surface area contributed by atoms with E-state index in [-0.39, 0.29) is 0 Å². The summed E-state index contributed by atoms with van der Waals surface area (Å²) in [6.45, 7) is 3.69. The van der Waals surface area contributed by atoms with Crippen molar-refractivity contribution in [1.29, 1.82) is 0 Å². The van der Waals surface area contributed by atoms with Gasteiger partial charge in [0.25, 0.3) is 11.8 Å². The Morgan fingerprint density at radius 1 is 1.30 bits per heavy atom. The average Bonchev–Trinajstić information content (AvgIpc) is 3.32. The number of halogens is 1. The van der Waals surface area contributed by atoms with Crippen molar-refractivity contribution in [1.82, 2.24) is 0 Å². The Morgan fingerprint density at radius 3 is 2.73 bits per heavy atom. The van der Waals surface area contributed by atoms with Crippen molar-refractivity contribution in [3.05, 3.63) is 44.8 Å². The Labute approximate surface area is 200 Å². The van der Waals surface area contributed by atoms with E-state index >= 15 is 0 Å². The molecule has 0 saturated heterocycles. The molecule has 3 rings (SSSR count). The van der Waals surface area contributed by atoms with E-state index in [2.05, 4.69) is 5.32 Å². The number of aryl methyl sites for hydroxylation is 1. The lowest BCUT2D eigenvalue weighted by atomic mass is 10.1. The van der Waals surface area contributed by atoms with Crippen LogP contribution in [0.2, 0.25) is 5.02 Å². The Morgan fingerprint density at radius 2 is 2.06 bits per heavy atom. The summed E-state index contributed by atoms with van der Waals surface area (Å²) < 4.78 is 15.9. The van der Waals surface area contributed by atoms with Gasteiger partial charge in [-0.25, -0.2) is 4.79 Å². The molecule has 33 heavy (non-hydrogen) atoms. The molecule has 8 nitrogen and oxygen atoms in total. The SMILES string of the molecule is CCOc1cc(/C=C/C(=O)OC(C)C(=O)Nc2sc3c(c2C(N)=O)CCC3)cc(Cl)c1OC. The quantitative estimate of drug-likeness (QED) is 0.404. The highest BCUT2D eigenvalue weighted by atomic mass is 35.5. The molecule has 1 atom stereocenters. The second kappa shape index (κ2) is 10.7. The number of methoxy groups -OCH3 is 1. The van der Waals surface area contributed by atoms with Gasteiger partial charge in [-0.15, -0.1) is 11.3 Å². The molecular weight excluding hydrogens is 468 g/mol. The number of hydrogen-bond acceptors (Lipinski definition) is 7. The Kier molecular flexibility index (Phi) is 7.99. The van der Waals surface area contributed by atoms with Gasteiger partial charge < -0.3 is 25.3 Å². The van der Waals surface area contributed by atoms with Gasteiger partial charge in [-0.2, -0.15) is 0 Å². The van der Waals surface area contributed by atoms with Gasteiger partial charge in [0.15, 0.2) is 17.6 Å². The summed E-state index contributed by atoms with van der Waals surface area (Å²) in [6, 6.07) is 3.29. The van der Waals surface area contributed by atoms with E-state index in [4.69, 9.17) is 31.5 Å². The molecule has 1 aliphatic carbocycles. The molecule has 176 valence electrons. The van der Waals surface area contributed by atoms with Crippen molar-refractivity contribution in [3.8, 4) is 11.5 Å². The lowest BCUT2D eigenvalue weighted by Gasteiger charge is -2.13. The highest BCUT2D eigenvalue weighted by Gasteiger charge is 2.27. The summed E-state index contributed by atoms with van der Waals surface area (Å²) in [6.07, 6.45) is 4.17. The standard InChI is InChI=1S/C23H25ClN2O6S/c1-4-31-16-11-13(10-15(24)20(16)30-3)8-9-18(27)32-12(2)22(29)26-23-19(21(25)28)14-6-5-7-17(14)33-23/h8-12H,4-7H2,1-3H3,(H2,25,28)(H,26,29)/b9-8+. The van der Waals surface area contributed by atoms with Crippen LogP contribution in [0.1, 0.15) is 46.6 Å². The van der Waals surface area contributed by atoms with Crippen molar-refractivity contribution in [2.45, 2.75) is 39.2 Å². The number of primary amides is 1. The maximum atomic E-state index is 12.5. The molecule has 0 aliphatic heterocycles. The minimum atomic E-state index is -1.08. The van der Waals surface area contributed by atoms with Crippen molar-refractivity contribution in [2.75, 3.05) is 19.0 Å². The van der Waals surface area contributed by atoms with Crippen molar-refractivity contribution >= 4 is 51.8 Å². The number of amides is 2. The molecule has 0 bridgehead atoms. The largest absolute Gasteiger partial charge is 0.491 e. The van der Waals surface area contributed by atoms with Crippen LogP contribution in [0.5, 0.6) is 11.5 Å². The molecule has 10 heteroatoms. The van der Waals surface area contributed by atoms with Crippen LogP contribution in [-0.4, -0.2) is 37.6 Å². The fourth-order valence-electron chi connectivity index (χ4n) is 3.54. The second-order valence-electron chi connectivity index (χ2n) is 7.29. The van der Waals surface area contributed by atoms with Crippen LogP contribution in [0, 0.1) is 0 Å². The first kappa shape index (κ1) is 24.6. The summed E-state index contributed by atoms with van der Waals surface area (Å²) in [5, 5.41) is 3.40. The third-order valence-corrected chi connectivity index (χ3v) is 6.50. The minimum absolute atomic E-state index is 0.331. The number of thiophene rings is 1. The molecule has 2 amide bonds. The maximum Gasteiger partial charge on any atom is 0.331 e. The van der Waals surface area contributed by atoms with Gasteiger partial charge >= 0.3 is 5.97 Å². The zero-order valence-electron chi connectivity index (χ0n) is 18.5. The van der Waals surface area contributed by atoms with E-state index in [1.807, 2.05) is 6.92 Å². The zero-order chi connectivity index (χ0) is 24.1. The summed E-state index contributed by atoms with van der Waals surface area (Å²) in [5.74, 6) is -1.00. The van der Waals surface area contributed by atoms with Crippen LogP contribution in [-0.2, 0) is 27.2 Å². The van der Waals surface area contributed by atoms with Crippen LogP contribution < -0.4 is 20.5 Å². The summed E-state index contributed by atoms with van der Waals surface area (Å²) >= 11 is 7.55. The number of nitrogens with one attached hydrogen (secondary N) is 1. The topological polar surface area (TPSA) is 117 Å². The van der Waals surface area contributed by atoms with Crippen molar-refractivity contribution < 1.29 is 28.6 Å². The lowest BCUT2D eigenvalue weighted by molar-refractivity contribution is -0.148. The molecule has 1 aromatic carbocycles. The maximum absolute atomic E-state index is 12.5. The molecule has 1 aromatic heterocycles. The minimum Gasteiger partial charge on any atom is -0.491 e. The van der Waals surface area contributed by atoms with E-state index in [0.717, 1.165) is 29.7 Å². The number of nitrogens with two attached hydrogens (primary N) is 1. The van der Waals surface area contributed by atoms with Crippen molar-refractivity contribution in [2.24, 2.45) is 5.73 Å². The normalized spacial score (nSPS) is 13.5. The first-order valence-corrected chi connectivity index (χ1v) is 11.6. The van der Waals surface area contributed by atoms with E-state index in [1.54, 1.807) is 12.1 Å². The molecule has 0 spiro atoms. The number of hydrogen-bond donors (Lipinski definition) is 2. The predicted molar refractivity (Wildman–Crippen MR) is 127 cm³/mol. The Hall–Kier alpha value is -3.04. The molecule has 1 heterocycles. The van der Waals surface area contributed by atoms with Gasteiger partial charge in [-0.3, -0.25) is 9.59 Å². The highest BCUT2D eigenvalue weighted by molar-refractivity contribution is 7.17. The number of benzene rings is 1. The van der Waals surface area contributed by atoms with Gasteiger partial charge in [-0.05, 0) is 62.4 Å². The summed E-state index contributed by atoms with van der Waals surface area (Å²) in [7, 11) is 1.49. The van der Waals surface area contributed by atoms with Crippen LogP contribution in [0.4, 0.5) is 5.00 Å². The zero-order valence-corrected chi connectivity index (χ0v) is 20.1. The number of rotatable bonds is 9. The molecule has 1 unspecified atom stereocenters. The monoisotopic (exact) mass is 492 g/mol. The van der Waals surface area contributed by atoms with Crippen LogP contribution in [0.25, 0.3) is 6.08 Å². The molecular formula is C23H25ClN2O6S. The van der Waals surface area contributed by atoms with E-state index in [0.29, 0.717) is 39.3 Å². The number of carbonyl (C=O) groups excluding carboxylic acids is 3. The number of esters is 1. The molecule has 3 N–H and O–H groups in total. The lowest BCUT2D eigenvalue weighted by Crippen LogP contribution is -2.30. The fourth-order valence-corrected chi connectivity index (χ4v) is 5.14. The predicted octanol–water partition coefficient (Wildman–Crippen LogP) is 3.98. The average molecular weight is 493 g/mol. The van der Waals surface area contributed by atoms with Crippen LogP contribution >= 0.6 is 22.9 Å².